The van der Waals surface area contributed by atoms with Crippen LogP contribution in [0, 0.1) is 17.8 Å². The van der Waals surface area contributed by atoms with Gasteiger partial charge in [-0.25, -0.2) is 0 Å². The summed E-state index contributed by atoms with van der Waals surface area (Å²) in [4.78, 5) is 22.9. The number of nitrogens with one attached hydrogen (secondary N) is 2. The molecular weight excluding hydrogens is 232 g/mol. The number of amides is 2. The molecule has 0 bridgehead atoms. The van der Waals surface area contributed by atoms with Crippen LogP contribution in [0.5, 0.6) is 0 Å². The third-order valence-electron chi connectivity index (χ3n) is 3.81. The van der Waals surface area contributed by atoms with Gasteiger partial charge in [-0.15, -0.1) is 0 Å². The maximum absolute atomic E-state index is 11.9. The highest BCUT2D eigenvalue weighted by Gasteiger charge is 2.32. The van der Waals surface area contributed by atoms with E-state index in [1.807, 2.05) is 0 Å². The van der Waals surface area contributed by atoms with Crippen molar-refractivity contribution in [1.29, 1.82) is 0 Å². The average Bonchev–Trinajstić information content (AvgIpc) is 2.94. The molecule has 102 valence electrons. The quantitative estimate of drug-likeness (QED) is 0.758. The van der Waals surface area contributed by atoms with Crippen LogP contribution in [0.25, 0.3) is 0 Å². The van der Waals surface area contributed by atoms with Gasteiger partial charge in [-0.2, -0.15) is 0 Å². The molecular formula is C13H22N2O3. The van der Waals surface area contributed by atoms with Gasteiger partial charge in [0.05, 0.1) is 12.0 Å². The van der Waals surface area contributed by atoms with E-state index in [4.69, 9.17) is 4.74 Å². The Hall–Kier alpha value is -1.10. The first-order chi connectivity index (χ1) is 8.58. The zero-order valence-corrected chi connectivity index (χ0v) is 11.1. The van der Waals surface area contributed by atoms with Crippen LogP contribution in [0.15, 0.2) is 0 Å². The van der Waals surface area contributed by atoms with Crippen molar-refractivity contribution < 1.29 is 14.3 Å². The van der Waals surface area contributed by atoms with Gasteiger partial charge in [0.2, 0.25) is 11.8 Å². The highest BCUT2D eigenvalue weighted by atomic mass is 16.5. The second-order valence-electron chi connectivity index (χ2n) is 5.58. The Kier molecular flexibility index (Phi) is 4.22. The summed E-state index contributed by atoms with van der Waals surface area (Å²) in [5.74, 6) is 0.641. The van der Waals surface area contributed by atoms with E-state index in [1.165, 1.54) is 0 Å². The second kappa shape index (κ2) is 5.69. The lowest BCUT2D eigenvalue weighted by molar-refractivity contribution is -0.126. The monoisotopic (exact) mass is 254 g/mol. The van der Waals surface area contributed by atoms with Gasteiger partial charge in [0.25, 0.3) is 0 Å². The lowest BCUT2D eigenvalue weighted by atomic mass is 9.93. The Labute approximate surface area is 108 Å². The van der Waals surface area contributed by atoms with Crippen molar-refractivity contribution in [3.05, 3.63) is 0 Å². The van der Waals surface area contributed by atoms with E-state index < -0.39 is 0 Å². The van der Waals surface area contributed by atoms with Gasteiger partial charge in [-0.05, 0) is 12.3 Å². The van der Waals surface area contributed by atoms with E-state index >= 15 is 0 Å². The van der Waals surface area contributed by atoms with E-state index in [1.54, 1.807) is 0 Å². The molecule has 0 aromatic carbocycles. The van der Waals surface area contributed by atoms with Crippen LogP contribution in [-0.2, 0) is 14.3 Å². The predicted octanol–water partition coefficient (Wildman–Crippen LogP) is 0.300. The maximum atomic E-state index is 11.9. The molecule has 2 amide bonds. The molecule has 5 heteroatoms. The van der Waals surface area contributed by atoms with Gasteiger partial charge < -0.3 is 15.4 Å². The first-order valence-corrected chi connectivity index (χ1v) is 6.74. The molecule has 2 fully saturated rings. The van der Waals surface area contributed by atoms with Crippen LogP contribution in [0.1, 0.15) is 26.7 Å². The summed E-state index contributed by atoms with van der Waals surface area (Å²) in [5.41, 5.74) is 0. The summed E-state index contributed by atoms with van der Waals surface area (Å²) in [6.07, 6.45) is 1.57. The number of carbonyl (C=O) groups is 2. The predicted molar refractivity (Wildman–Crippen MR) is 66.8 cm³/mol. The van der Waals surface area contributed by atoms with Gasteiger partial charge in [0.1, 0.15) is 0 Å². The molecule has 0 aromatic heterocycles. The van der Waals surface area contributed by atoms with Crippen LogP contribution in [0.2, 0.25) is 0 Å². The SMILES string of the molecule is CC(C)[C@H]1OCC[C@@H]1CNC(=O)C1CNC(=O)C1. The molecule has 0 saturated carbocycles. The third-order valence-corrected chi connectivity index (χ3v) is 3.81. The van der Waals surface area contributed by atoms with Gasteiger partial charge in [-0.1, -0.05) is 13.8 Å². The Bertz CT molecular complexity index is 330. The normalized spacial score (nSPS) is 31.7. The molecule has 2 N–H and O–H groups in total. The van der Waals surface area contributed by atoms with Crippen molar-refractivity contribution >= 4 is 11.8 Å². The number of hydrogen-bond donors (Lipinski definition) is 2. The molecule has 2 rings (SSSR count). The van der Waals surface area contributed by atoms with Gasteiger partial charge in [0, 0.05) is 32.0 Å². The van der Waals surface area contributed by atoms with Crippen molar-refractivity contribution in [2.24, 2.45) is 17.8 Å². The Morgan fingerprint density at radius 2 is 2.33 bits per heavy atom. The minimum absolute atomic E-state index is 0.0113. The Morgan fingerprint density at radius 1 is 1.56 bits per heavy atom. The summed E-state index contributed by atoms with van der Waals surface area (Å²) in [6, 6.07) is 0. The van der Waals surface area contributed by atoms with Crippen molar-refractivity contribution in [1.82, 2.24) is 10.6 Å². The molecule has 2 saturated heterocycles. The van der Waals surface area contributed by atoms with E-state index in [0.29, 0.717) is 31.3 Å². The van der Waals surface area contributed by atoms with Crippen LogP contribution >= 0.6 is 0 Å². The number of carbonyl (C=O) groups excluding carboxylic acids is 2. The molecule has 5 nitrogen and oxygen atoms in total. The summed E-state index contributed by atoms with van der Waals surface area (Å²) >= 11 is 0. The molecule has 2 aliphatic heterocycles. The molecule has 2 heterocycles. The molecule has 0 aromatic rings. The van der Waals surface area contributed by atoms with Crippen LogP contribution in [-0.4, -0.2) is 37.6 Å². The standard InChI is InChI=1S/C13H22N2O3/c1-8(2)12-9(3-4-18-12)6-15-13(17)10-5-11(16)14-7-10/h8-10,12H,3-7H2,1-2H3,(H,14,16)(H,15,17)/t9-,10?,12-/m1/s1. The molecule has 2 aliphatic rings. The largest absolute Gasteiger partial charge is 0.378 e. The van der Waals surface area contributed by atoms with E-state index in [-0.39, 0.29) is 23.8 Å². The molecule has 3 atom stereocenters. The van der Waals surface area contributed by atoms with Crippen molar-refractivity contribution in [3.63, 3.8) is 0 Å². The summed E-state index contributed by atoms with van der Waals surface area (Å²) < 4.78 is 5.68. The van der Waals surface area contributed by atoms with Crippen molar-refractivity contribution in [3.8, 4) is 0 Å². The number of rotatable bonds is 4. The van der Waals surface area contributed by atoms with Gasteiger partial charge in [0.15, 0.2) is 0 Å². The molecule has 1 unspecified atom stereocenters. The van der Waals surface area contributed by atoms with Crippen molar-refractivity contribution in [2.75, 3.05) is 19.7 Å². The zero-order valence-electron chi connectivity index (χ0n) is 11.1. The molecule has 0 radical (unpaired) electrons. The highest BCUT2D eigenvalue weighted by molar-refractivity contribution is 5.89. The van der Waals surface area contributed by atoms with Crippen molar-refractivity contribution in [2.45, 2.75) is 32.8 Å². The third kappa shape index (κ3) is 3.02. The smallest absolute Gasteiger partial charge is 0.225 e. The van der Waals surface area contributed by atoms with Crippen LogP contribution in [0.3, 0.4) is 0 Å². The summed E-state index contributed by atoms with van der Waals surface area (Å²) in [6.45, 7) is 6.20. The van der Waals surface area contributed by atoms with E-state index in [0.717, 1.165) is 13.0 Å². The first kappa shape index (κ1) is 13.3. The van der Waals surface area contributed by atoms with Crippen LogP contribution < -0.4 is 10.6 Å². The minimum atomic E-state index is -0.197. The second-order valence-corrected chi connectivity index (χ2v) is 5.58. The fourth-order valence-corrected chi connectivity index (χ4v) is 2.78. The van der Waals surface area contributed by atoms with Gasteiger partial charge >= 0.3 is 0 Å². The Morgan fingerprint density at radius 3 is 2.94 bits per heavy atom. The minimum Gasteiger partial charge on any atom is -0.378 e. The first-order valence-electron chi connectivity index (χ1n) is 6.74. The van der Waals surface area contributed by atoms with E-state index in [9.17, 15) is 9.59 Å². The maximum Gasteiger partial charge on any atom is 0.225 e. The molecule has 0 aliphatic carbocycles. The number of hydrogen-bond acceptors (Lipinski definition) is 3. The summed E-state index contributed by atoms with van der Waals surface area (Å²) in [7, 11) is 0. The molecule has 18 heavy (non-hydrogen) atoms. The molecule has 0 spiro atoms. The van der Waals surface area contributed by atoms with Gasteiger partial charge in [-0.3, -0.25) is 9.59 Å². The Balaban J connectivity index is 1.77. The fourth-order valence-electron chi connectivity index (χ4n) is 2.78. The van der Waals surface area contributed by atoms with Crippen LogP contribution in [0.4, 0.5) is 0 Å². The summed E-state index contributed by atoms with van der Waals surface area (Å²) in [5, 5.41) is 5.64. The van der Waals surface area contributed by atoms with E-state index in [2.05, 4.69) is 24.5 Å². The fraction of sp³-hybridized carbons (Fsp3) is 0.846. The lowest BCUT2D eigenvalue weighted by Gasteiger charge is -2.22. The lowest BCUT2D eigenvalue weighted by Crippen LogP contribution is -2.38. The zero-order chi connectivity index (χ0) is 13.1. The average molecular weight is 254 g/mol. The topological polar surface area (TPSA) is 67.4 Å². The highest BCUT2D eigenvalue weighted by Crippen LogP contribution is 2.26. The number of ether oxygens (including phenoxy) is 1.